The molecule has 0 aliphatic carbocycles. The topological polar surface area (TPSA) is 61.4 Å². The highest BCUT2D eigenvalue weighted by Gasteiger charge is 2.19. The van der Waals surface area contributed by atoms with E-state index < -0.39 is 0 Å². The van der Waals surface area contributed by atoms with Crippen molar-refractivity contribution in [1.82, 2.24) is 4.90 Å². The van der Waals surface area contributed by atoms with Gasteiger partial charge in [-0.1, -0.05) is 40.2 Å². The molecule has 0 radical (unpaired) electrons. The van der Waals surface area contributed by atoms with Crippen molar-refractivity contribution in [2.45, 2.75) is 12.8 Å². The fourth-order valence-corrected chi connectivity index (χ4v) is 4.40. The van der Waals surface area contributed by atoms with E-state index in [1.807, 2.05) is 48.5 Å². The molecule has 7 heteroatoms. The van der Waals surface area contributed by atoms with Crippen LogP contribution in [0.1, 0.15) is 22.5 Å². The lowest BCUT2D eigenvalue weighted by atomic mass is 10.2. The van der Waals surface area contributed by atoms with Gasteiger partial charge in [-0.2, -0.15) is 0 Å². The zero-order valence-electron chi connectivity index (χ0n) is 15.7. The van der Waals surface area contributed by atoms with E-state index in [4.69, 9.17) is 0 Å². The van der Waals surface area contributed by atoms with Gasteiger partial charge < -0.3 is 15.5 Å². The Hall–Kier alpha value is -2.64. The number of para-hydroxylation sites is 2. The molecule has 0 spiro atoms. The van der Waals surface area contributed by atoms with Crippen LogP contribution in [-0.2, 0) is 0 Å². The predicted molar refractivity (Wildman–Crippen MR) is 122 cm³/mol. The zero-order valence-corrected chi connectivity index (χ0v) is 18.1. The molecule has 148 valence electrons. The smallest absolute Gasteiger partial charge is 0.321 e. The van der Waals surface area contributed by atoms with Crippen molar-refractivity contribution in [3.05, 3.63) is 70.0 Å². The van der Waals surface area contributed by atoms with Crippen LogP contribution in [0.15, 0.2) is 65.1 Å². The fourth-order valence-electron chi connectivity index (χ4n) is 3.23. The Labute approximate surface area is 181 Å². The second-order valence-electron chi connectivity index (χ2n) is 6.79. The van der Waals surface area contributed by atoms with Crippen LogP contribution >= 0.6 is 27.3 Å². The van der Waals surface area contributed by atoms with E-state index >= 15 is 0 Å². The number of anilines is 2. The summed E-state index contributed by atoms with van der Waals surface area (Å²) in [7, 11) is 0. The molecular formula is C22H20BrN3O2S. The number of halogens is 1. The Morgan fingerprint density at radius 3 is 2.21 bits per heavy atom. The molecule has 4 rings (SSSR count). The summed E-state index contributed by atoms with van der Waals surface area (Å²) in [5.41, 5.74) is 2.25. The Bertz CT molecular complexity index is 1030. The van der Waals surface area contributed by atoms with Crippen molar-refractivity contribution in [2.24, 2.45) is 0 Å². The third-order valence-corrected chi connectivity index (χ3v) is 6.43. The van der Waals surface area contributed by atoms with E-state index in [0.29, 0.717) is 16.3 Å². The van der Waals surface area contributed by atoms with E-state index in [-0.39, 0.29) is 11.9 Å². The first-order chi connectivity index (χ1) is 14.1. The van der Waals surface area contributed by atoms with E-state index in [2.05, 4.69) is 26.6 Å². The van der Waals surface area contributed by atoms with Gasteiger partial charge in [-0.25, -0.2) is 4.79 Å². The Morgan fingerprint density at radius 2 is 1.52 bits per heavy atom. The summed E-state index contributed by atoms with van der Waals surface area (Å²) in [4.78, 5) is 28.6. The lowest BCUT2D eigenvalue weighted by Crippen LogP contribution is -2.32. The maximum Gasteiger partial charge on any atom is 0.321 e. The molecule has 5 nitrogen and oxygen atoms in total. The summed E-state index contributed by atoms with van der Waals surface area (Å²) in [6.45, 7) is 1.54. The summed E-state index contributed by atoms with van der Waals surface area (Å²) >= 11 is 4.87. The first-order valence-electron chi connectivity index (χ1n) is 9.42. The van der Waals surface area contributed by atoms with Crippen LogP contribution in [0.4, 0.5) is 16.2 Å². The van der Waals surface area contributed by atoms with Crippen LogP contribution in [0.5, 0.6) is 0 Å². The number of urea groups is 1. The second kappa shape index (κ2) is 8.80. The number of hydrogen-bond acceptors (Lipinski definition) is 3. The maximum atomic E-state index is 12.8. The maximum absolute atomic E-state index is 12.8. The highest BCUT2D eigenvalue weighted by Crippen LogP contribution is 2.30. The molecule has 1 aliphatic heterocycles. The summed E-state index contributed by atoms with van der Waals surface area (Å²) in [6, 6.07) is 18.9. The van der Waals surface area contributed by atoms with Crippen LogP contribution < -0.4 is 10.6 Å². The molecular weight excluding hydrogens is 450 g/mol. The van der Waals surface area contributed by atoms with Crippen LogP contribution in [0, 0.1) is 0 Å². The van der Waals surface area contributed by atoms with Gasteiger partial charge >= 0.3 is 6.03 Å². The molecule has 2 aromatic carbocycles. The largest absolute Gasteiger partial charge is 0.325 e. The molecule has 1 aromatic heterocycles. The normalized spacial score (nSPS) is 13.3. The molecule has 3 aromatic rings. The van der Waals surface area contributed by atoms with Gasteiger partial charge in [-0.05, 0) is 54.8 Å². The van der Waals surface area contributed by atoms with Crippen molar-refractivity contribution in [2.75, 3.05) is 23.7 Å². The van der Waals surface area contributed by atoms with Crippen molar-refractivity contribution >= 4 is 50.6 Å². The molecule has 0 atom stereocenters. The Balaban J connectivity index is 1.47. The van der Waals surface area contributed by atoms with Gasteiger partial charge in [0.25, 0.3) is 5.91 Å². The average Bonchev–Trinajstić information content (AvgIpc) is 3.42. The molecule has 2 N–H and O–H groups in total. The minimum Gasteiger partial charge on any atom is -0.325 e. The number of amides is 3. The third kappa shape index (κ3) is 4.68. The lowest BCUT2D eigenvalue weighted by Gasteiger charge is -2.18. The Morgan fingerprint density at radius 1 is 0.862 bits per heavy atom. The van der Waals surface area contributed by atoms with E-state index in [9.17, 15) is 9.59 Å². The monoisotopic (exact) mass is 469 g/mol. The van der Waals surface area contributed by atoms with E-state index in [1.54, 1.807) is 17.0 Å². The SMILES string of the molecule is O=C(Nc1ccccc1NC(=O)N1CCCC1)c1ccc(-c2ccc(Br)cc2)s1. The van der Waals surface area contributed by atoms with Crippen LogP contribution in [0.3, 0.4) is 0 Å². The van der Waals surface area contributed by atoms with Gasteiger partial charge in [0.05, 0.1) is 16.3 Å². The zero-order chi connectivity index (χ0) is 20.2. The molecule has 29 heavy (non-hydrogen) atoms. The number of carbonyl (C=O) groups excluding carboxylic acids is 2. The molecule has 0 unspecified atom stereocenters. The van der Waals surface area contributed by atoms with Gasteiger partial charge in [0.2, 0.25) is 0 Å². The van der Waals surface area contributed by atoms with Crippen LogP contribution in [0.2, 0.25) is 0 Å². The molecule has 0 saturated carbocycles. The summed E-state index contributed by atoms with van der Waals surface area (Å²) < 4.78 is 1.02. The van der Waals surface area contributed by atoms with Crippen LogP contribution in [-0.4, -0.2) is 29.9 Å². The number of carbonyl (C=O) groups is 2. The van der Waals surface area contributed by atoms with Gasteiger partial charge in [0.15, 0.2) is 0 Å². The first-order valence-corrected chi connectivity index (χ1v) is 11.0. The third-order valence-electron chi connectivity index (χ3n) is 4.77. The number of nitrogens with zero attached hydrogens (tertiary/aromatic N) is 1. The number of nitrogens with one attached hydrogen (secondary N) is 2. The number of benzene rings is 2. The number of thiophene rings is 1. The van der Waals surface area contributed by atoms with Gasteiger partial charge in [0.1, 0.15) is 0 Å². The van der Waals surface area contributed by atoms with Crippen molar-refractivity contribution < 1.29 is 9.59 Å². The number of likely N-dealkylation sites (tertiary alicyclic amines) is 1. The Kier molecular flexibility index (Phi) is 5.97. The lowest BCUT2D eigenvalue weighted by molar-refractivity contribution is 0.103. The summed E-state index contributed by atoms with van der Waals surface area (Å²) in [5.74, 6) is -0.193. The number of hydrogen-bond donors (Lipinski definition) is 2. The van der Waals surface area contributed by atoms with Crippen molar-refractivity contribution in [3.8, 4) is 10.4 Å². The summed E-state index contributed by atoms with van der Waals surface area (Å²) in [5, 5.41) is 5.84. The quantitative estimate of drug-likeness (QED) is 0.487. The standard InChI is InChI=1S/C22H20BrN3O2S/c23-16-9-7-15(8-10-16)19-11-12-20(29-19)21(27)24-17-5-1-2-6-18(17)25-22(28)26-13-3-4-14-26/h1-2,5-12H,3-4,13-14H2,(H,24,27)(H,25,28). The second-order valence-corrected chi connectivity index (χ2v) is 8.79. The minimum absolute atomic E-state index is 0.127. The van der Waals surface area contributed by atoms with Gasteiger partial charge in [0, 0.05) is 22.4 Å². The van der Waals surface area contributed by atoms with Gasteiger partial charge in [-0.3, -0.25) is 4.79 Å². The highest BCUT2D eigenvalue weighted by atomic mass is 79.9. The van der Waals surface area contributed by atoms with Crippen molar-refractivity contribution in [1.29, 1.82) is 0 Å². The van der Waals surface area contributed by atoms with E-state index in [1.165, 1.54) is 11.3 Å². The molecule has 1 saturated heterocycles. The predicted octanol–water partition coefficient (Wildman–Crippen LogP) is 6.06. The number of rotatable bonds is 4. The molecule has 2 heterocycles. The fraction of sp³-hybridized carbons (Fsp3) is 0.182. The molecule has 3 amide bonds. The molecule has 1 fully saturated rings. The highest BCUT2D eigenvalue weighted by molar-refractivity contribution is 9.10. The minimum atomic E-state index is -0.193. The van der Waals surface area contributed by atoms with Crippen molar-refractivity contribution in [3.63, 3.8) is 0 Å². The average molecular weight is 470 g/mol. The van der Waals surface area contributed by atoms with Gasteiger partial charge in [-0.15, -0.1) is 11.3 Å². The molecule has 0 bridgehead atoms. The van der Waals surface area contributed by atoms with Crippen LogP contribution in [0.25, 0.3) is 10.4 Å². The van der Waals surface area contributed by atoms with E-state index in [0.717, 1.165) is 40.8 Å². The first kappa shape index (κ1) is 19.7. The summed E-state index contributed by atoms with van der Waals surface area (Å²) in [6.07, 6.45) is 2.07. The molecule has 1 aliphatic rings.